The molecule has 264 valence electrons. The highest BCUT2D eigenvalue weighted by Crippen LogP contribution is 2.42. The summed E-state index contributed by atoms with van der Waals surface area (Å²) >= 11 is 0. The van der Waals surface area contributed by atoms with Gasteiger partial charge in [-0.3, -0.25) is 9.69 Å². The lowest BCUT2D eigenvalue weighted by atomic mass is 9.89. The molecule has 5 unspecified atom stereocenters. The van der Waals surface area contributed by atoms with Crippen molar-refractivity contribution >= 4 is 5.91 Å². The van der Waals surface area contributed by atoms with E-state index in [2.05, 4.69) is 17.1 Å². The van der Waals surface area contributed by atoms with Crippen LogP contribution in [0.1, 0.15) is 64.8 Å². The molecule has 2 fully saturated rings. The minimum absolute atomic E-state index is 0.0113. The minimum atomic E-state index is -2.34. The number of rotatable bonds is 10. The van der Waals surface area contributed by atoms with Gasteiger partial charge in [0.05, 0.1) is 25.4 Å². The Balaban J connectivity index is 1.18. The first-order valence-electron chi connectivity index (χ1n) is 16.4. The van der Waals surface area contributed by atoms with Crippen molar-refractivity contribution in [3.05, 3.63) is 130 Å². The first-order chi connectivity index (χ1) is 24.1. The fourth-order valence-corrected chi connectivity index (χ4v) is 6.67. The second kappa shape index (κ2) is 15.4. The average Bonchev–Trinajstić information content (AvgIpc) is 3.60. The number of carbonyl (C=O) groups excluding carboxylic acids is 1. The van der Waals surface area contributed by atoms with Crippen molar-refractivity contribution in [1.82, 2.24) is 10.2 Å². The summed E-state index contributed by atoms with van der Waals surface area (Å²) in [7, 11) is 0. The van der Waals surface area contributed by atoms with Gasteiger partial charge in [-0.15, -0.1) is 0 Å². The molecular formula is C38H37F5N2O5. The van der Waals surface area contributed by atoms with Gasteiger partial charge in [0.1, 0.15) is 5.56 Å². The standard InChI is InChI=1S/C38H37F5N2O5/c1-21-29(18-45-15-3-6-28(45)20-47)49-38(50-36(21)25-9-7-22(19-46)8-10-25)26-13-11-24(12-14-26)27-5-2-4-23(16-27)17-44-37(48)30-31(39)33(41)35(43)34(42)32(30)40/h2,4-5,7-14,16,21,28-29,36,38,46-47H,3,6,15,17-20H2,1H3,(H,44,48). The lowest BCUT2D eigenvalue weighted by Gasteiger charge is -2.43. The van der Waals surface area contributed by atoms with Gasteiger partial charge in [-0.1, -0.05) is 73.7 Å². The Labute approximate surface area is 286 Å². The summed E-state index contributed by atoms with van der Waals surface area (Å²) in [4.78, 5) is 14.7. The molecule has 5 atom stereocenters. The van der Waals surface area contributed by atoms with Crippen LogP contribution >= 0.6 is 0 Å². The maximum Gasteiger partial charge on any atom is 0.257 e. The number of nitrogens with zero attached hydrogens (tertiary/aromatic N) is 1. The van der Waals surface area contributed by atoms with E-state index in [4.69, 9.17) is 9.47 Å². The molecule has 0 aliphatic carbocycles. The van der Waals surface area contributed by atoms with Crippen LogP contribution in [0.4, 0.5) is 22.0 Å². The number of hydrogen-bond donors (Lipinski definition) is 3. The molecule has 3 N–H and O–H groups in total. The summed E-state index contributed by atoms with van der Waals surface area (Å²) in [6, 6.07) is 22.2. The molecule has 0 bridgehead atoms. The van der Waals surface area contributed by atoms with E-state index in [1.807, 2.05) is 54.6 Å². The van der Waals surface area contributed by atoms with Crippen LogP contribution in [0.3, 0.4) is 0 Å². The van der Waals surface area contributed by atoms with E-state index in [9.17, 15) is 37.0 Å². The van der Waals surface area contributed by atoms with Crippen molar-refractivity contribution < 1.29 is 46.4 Å². The van der Waals surface area contributed by atoms with Crippen LogP contribution < -0.4 is 5.32 Å². The molecule has 6 rings (SSSR count). The molecule has 0 spiro atoms. The summed E-state index contributed by atoms with van der Waals surface area (Å²) in [5, 5.41) is 21.7. The Morgan fingerprint density at radius 2 is 1.48 bits per heavy atom. The number of carbonyl (C=O) groups is 1. The van der Waals surface area contributed by atoms with E-state index in [0.717, 1.165) is 47.2 Å². The van der Waals surface area contributed by atoms with Gasteiger partial charge in [0.15, 0.2) is 29.6 Å². The second-order valence-corrected chi connectivity index (χ2v) is 12.7. The Hall–Kier alpha value is -4.20. The van der Waals surface area contributed by atoms with E-state index in [1.54, 1.807) is 18.2 Å². The first-order valence-corrected chi connectivity index (χ1v) is 16.4. The van der Waals surface area contributed by atoms with Crippen LogP contribution in [0, 0.1) is 35.0 Å². The summed E-state index contributed by atoms with van der Waals surface area (Å²) in [5.41, 5.74) is 3.09. The van der Waals surface area contributed by atoms with Crippen LogP contribution in [0.15, 0.2) is 72.8 Å². The number of likely N-dealkylation sites (tertiary alicyclic amines) is 1. The van der Waals surface area contributed by atoms with Crippen molar-refractivity contribution in [3.8, 4) is 11.1 Å². The van der Waals surface area contributed by atoms with Crippen LogP contribution in [0.25, 0.3) is 11.1 Å². The summed E-state index contributed by atoms with van der Waals surface area (Å²) in [6.07, 6.45) is 0.770. The van der Waals surface area contributed by atoms with Crippen LogP contribution in [0.5, 0.6) is 0 Å². The van der Waals surface area contributed by atoms with Gasteiger partial charge >= 0.3 is 0 Å². The SMILES string of the molecule is CC1C(CN2CCCC2CO)OC(c2ccc(-c3cccc(CNC(=O)c4c(F)c(F)c(F)c(F)c4F)c3)cc2)OC1c1ccc(CO)cc1. The Morgan fingerprint density at radius 3 is 2.14 bits per heavy atom. The monoisotopic (exact) mass is 696 g/mol. The molecule has 0 radical (unpaired) electrons. The Kier molecular flexibility index (Phi) is 10.9. The first kappa shape index (κ1) is 35.6. The topological polar surface area (TPSA) is 91.3 Å². The third-order valence-corrected chi connectivity index (χ3v) is 9.58. The summed E-state index contributed by atoms with van der Waals surface area (Å²) < 4.78 is 82.0. The van der Waals surface area contributed by atoms with Crippen LogP contribution in [0.2, 0.25) is 0 Å². The molecule has 1 amide bonds. The number of aliphatic hydroxyl groups excluding tert-OH is 2. The molecule has 2 aliphatic rings. The zero-order valence-electron chi connectivity index (χ0n) is 27.2. The number of hydrogen-bond acceptors (Lipinski definition) is 6. The van der Waals surface area contributed by atoms with Crippen LogP contribution in [-0.2, 0) is 22.6 Å². The molecule has 0 aromatic heterocycles. The summed E-state index contributed by atoms with van der Waals surface area (Å²) in [5.74, 6) is -12.6. The van der Waals surface area contributed by atoms with Crippen molar-refractivity contribution in [1.29, 1.82) is 0 Å². The maximum absolute atomic E-state index is 14.1. The van der Waals surface area contributed by atoms with Gasteiger partial charge in [0.2, 0.25) is 5.82 Å². The summed E-state index contributed by atoms with van der Waals surface area (Å²) in [6.45, 7) is 3.42. The molecule has 4 aromatic rings. The molecule has 12 heteroatoms. The van der Waals surface area contributed by atoms with Gasteiger partial charge in [-0.2, -0.15) is 0 Å². The molecule has 50 heavy (non-hydrogen) atoms. The van der Waals surface area contributed by atoms with E-state index in [0.29, 0.717) is 12.1 Å². The molecule has 0 saturated carbocycles. The largest absolute Gasteiger partial charge is 0.395 e. The van der Waals surface area contributed by atoms with Crippen molar-refractivity contribution in [2.24, 2.45) is 5.92 Å². The molecule has 2 saturated heterocycles. The molecular weight excluding hydrogens is 659 g/mol. The molecule has 2 heterocycles. The highest BCUT2D eigenvalue weighted by molar-refractivity contribution is 5.94. The number of aliphatic hydroxyl groups is 2. The van der Waals surface area contributed by atoms with Crippen molar-refractivity contribution in [3.63, 3.8) is 0 Å². The highest BCUT2D eigenvalue weighted by atomic mass is 19.2. The van der Waals surface area contributed by atoms with E-state index >= 15 is 0 Å². The van der Waals surface area contributed by atoms with Crippen LogP contribution in [-0.4, -0.2) is 52.9 Å². The molecule has 2 aliphatic heterocycles. The predicted molar refractivity (Wildman–Crippen MR) is 174 cm³/mol. The Bertz CT molecular complexity index is 1800. The quantitative estimate of drug-likeness (QED) is 0.0970. The normalized spacial score (nSPS) is 22.5. The van der Waals surface area contributed by atoms with E-state index in [1.165, 1.54) is 0 Å². The average molecular weight is 697 g/mol. The lowest BCUT2D eigenvalue weighted by molar-refractivity contribution is -0.276. The fourth-order valence-electron chi connectivity index (χ4n) is 6.67. The number of amides is 1. The van der Waals surface area contributed by atoms with Crippen molar-refractivity contribution in [2.75, 3.05) is 19.7 Å². The fraction of sp³-hybridized carbons (Fsp3) is 0.342. The number of benzene rings is 4. The number of nitrogens with one attached hydrogen (secondary N) is 1. The third-order valence-electron chi connectivity index (χ3n) is 9.58. The smallest absolute Gasteiger partial charge is 0.257 e. The predicted octanol–water partition coefficient (Wildman–Crippen LogP) is 6.72. The zero-order valence-corrected chi connectivity index (χ0v) is 27.2. The van der Waals surface area contributed by atoms with E-state index < -0.39 is 46.8 Å². The van der Waals surface area contributed by atoms with E-state index in [-0.39, 0.29) is 43.9 Å². The Morgan fingerprint density at radius 1 is 0.820 bits per heavy atom. The van der Waals surface area contributed by atoms with Gasteiger partial charge < -0.3 is 25.0 Å². The minimum Gasteiger partial charge on any atom is -0.395 e. The highest BCUT2D eigenvalue weighted by Gasteiger charge is 2.40. The van der Waals surface area contributed by atoms with Gasteiger partial charge in [-0.05, 0) is 53.3 Å². The van der Waals surface area contributed by atoms with Gasteiger partial charge in [-0.25, -0.2) is 22.0 Å². The van der Waals surface area contributed by atoms with Gasteiger partial charge in [0.25, 0.3) is 5.91 Å². The molecule has 4 aromatic carbocycles. The second-order valence-electron chi connectivity index (χ2n) is 12.7. The maximum atomic E-state index is 14.1. The number of ether oxygens (including phenoxy) is 2. The zero-order chi connectivity index (χ0) is 35.5. The molecule has 7 nitrogen and oxygen atoms in total. The van der Waals surface area contributed by atoms with Crippen molar-refractivity contribution in [2.45, 2.75) is 57.5 Å². The van der Waals surface area contributed by atoms with Gasteiger partial charge in [0, 0.05) is 30.6 Å². The lowest BCUT2D eigenvalue weighted by Crippen LogP contribution is -2.46. The number of halogens is 5. The third kappa shape index (κ3) is 7.31.